The first-order valence-electron chi connectivity index (χ1n) is 20.8. The fourth-order valence-corrected chi connectivity index (χ4v) is 5.75. The average Bonchev–Trinajstić information content (AvgIpc) is 3.19. The molecule has 0 spiro atoms. The Labute approximate surface area is 342 Å². The zero-order chi connectivity index (χ0) is 42.2. The van der Waals surface area contributed by atoms with Crippen LogP contribution in [0, 0.1) is 0 Å². The van der Waals surface area contributed by atoms with Crippen molar-refractivity contribution < 1.29 is 58.0 Å². The Morgan fingerprint density at radius 3 is 1.93 bits per heavy atom. The first kappa shape index (κ1) is 54.1. The SMILES string of the molecule is CC/C=C\C[C@H](O)/C=C/C=C\C/C=C\C=C\[C@H](O)/C=C\CCCC(=O)O[C@H](COC(=O)CCCCCCC/C=C\CCCCCC)COP(=O)(O)OC[C@@H](O)CO. The monoisotopic (exact) mass is 824 g/mol. The maximum atomic E-state index is 12.6. The number of phosphoric acid groups is 1. The molecule has 0 radical (unpaired) electrons. The maximum Gasteiger partial charge on any atom is 0.472 e. The van der Waals surface area contributed by atoms with Crippen molar-refractivity contribution in [2.75, 3.05) is 26.4 Å². The number of rotatable bonds is 37. The van der Waals surface area contributed by atoms with Crippen LogP contribution in [0.4, 0.5) is 0 Å². The largest absolute Gasteiger partial charge is 0.472 e. The number of phosphoric ester groups is 1. The van der Waals surface area contributed by atoms with Gasteiger partial charge in [-0.3, -0.25) is 18.6 Å². The molecule has 0 aromatic carbocycles. The Hall–Kier alpha value is -2.93. The summed E-state index contributed by atoms with van der Waals surface area (Å²) >= 11 is 0. The molecule has 5 atom stereocenters. The number of carbonyl (C=O) groups excluding carboxylic acids is 2. The molecule has 0 amide bonds. The molecule has 0 aliphatic heterocycles. The van der Waals surface area contributed by atoms with Crippen LogP contribution in [0.1, 0.15) is 129 Å². The summed E-state index contributed by atoms with van der Waals surface area (Å²) in [5.74, 6) is -1.13. The van der Waals surface area contributed by atoms with Crippen LogP contribution >= 0.6 is 7.82 Å². The molecule has 0 fully saturated rings. The van der Waals surface area contributed by atoms with Gasteiger partial charge in [-0.05, 0) is 64.2 Å². The fourth-order valence-electron chi connectivity index (χ4n) is 4.96. The third-order valence-corrected chi connectivity index (χ3v) is 9.16. The van der Waals surface area contributed by atoms with Crippen molar-refractivity contribution in [1.82, 2.24) is 0 Å². The lowest BCUT2D eigenvalue weighted by Crippen LogP contribution is -2.29. The van der Waals surface area contributed by atoms with Gasteiger partial charge in [0.2, 0.25) is 0 Å². The highest BCUT2D eigenvalue weighted by Gasteiger charge is 2.27. The standard InChI is InChI=1S/C44H73O12P/c1-3-5-7-8-9-10-11-12-13-14-18-21-27-33-43(49)53-37-42(38-55-57(51,52)54-36-41(48)35-45)56-44(50)34-28-22-26-32-40(47)31-25-20-17-15-16-19-24-30-39(46)29-23-6-4-2/h6,10-11,16-17,19-20,23-26,30-32,39-42,45-48H,3-5,7-9,12-15,18,21-22,27-29,33-38H2,1-2H3,(H,51,52)/b11-10-,19-16-,20-17-,23-6-,30-24+,31-25+,32-26-/t39-,40-,41-,42+/m0/s1. The molecule has 0 aromatic rings. The van der Waals surface area contributed by atoms with Crippen LogP contribution in [-0.2, 0) is 32.7 Å². The molecular formula is C44H73O12P. The molecule has 57 heavy (non-hydrogen) atoms. The van der Waals surface area contributed by atoms with Gasteiger partial charge < -0.3 is 34.8 Å². The smallest absolute Gasteiger partial charge is 0.462 e. The quantitative estimate of drug-likeness (QED) is 0.0132. The second-order valence-corrected chi connectivity index (χ2v) is 15.1. The van der Waals surface area contributed by atoms with Crippen LogP contribution in [0.5, 0.6) is 0 Å². The number of hydrogen-bond donors (Lipinski definition) is 5. The molecule has 0 heterocycles. The van der Waals surface area contributed by atoms with Gasteiger partial charge >= 0.3 is 19.8 Å². The Morgan fingerprint density at radius 1 is 0.632 bits per heavy atom. The first-order valence-corrected chi connectivity index (χ1v) is 22.3. The van der Waals surface area contributed by atoms with Crippen molar-refractivity contribution in [3.63, 3.8) is 0 Å². The van der Waals surface area contributed by atoms with E-state index in [1.165, 1.54) is 25.7 Å². The Balaban J connectivity index is 4.62. The van der Waals surface area contributed by atoms with E-state index < -0.39 is 70.6 Å². The highest BCUT2D eigenvalue weighted by atomic mass is 31.2. The Kier molecular flexibility index (Phi) is 36.6. The van der Waals surface area contributed by atoms with Gasteiger partial charge in [0.1, 0.15) is 12.7 Å². The number of allylic oxidation sites excluding steroid dienone is 10. The third kappa shape index (κ3) is 38.4. The molecule has 0 saturated heterocycles. The second kappa shape index (κ2) is 38.6. The zero-order valence-electron chi connectivity index (χ0n) is 34.5. The molecule has 12 nitrogen and oxygen atoms in total. The zero-order valence-corrected chi connectivity index (χ0v) is 35.4. The number of unbranched alkanes of at least 4 members (excludes halogenated alkanes) is 10. The van der Waals surface area contributed by atoms with Crippen molar-refractivity contribution >= 4 is 19.8 Å². The number of carbonyl (C=O) groups is 2. The normalized spacial score (nSPS) is 15.8. The Morgan fingerprint density at radius 2 is 1.25 bits per heavy atom. The van der Waals surface area contributed by atoms with E-state index in [1.54, 1.807) is 30.4 Å². The summed E-state index contributed by atoms with van der Waals surface area (Å²) in [6.45, 7) is 1.91. The lowest BCUT2D eigenvalue weighted by Gasteiger charge is -2.20. The first-order chi connectivity index (χ1) is 27.5. The molecule has 0 aliphatic carbocycles. The summed E-state index contributed by atoms with van der Waals surface area (Å²) in [4.78, 5) is 34.9. The van der Waals surface area contributed by atoms with Gasteiger partial charge in [0.05, 0.1) is 32.0 Å². The minimum absolute atomic E-state index is 0.00818. The predicted molar refractivity (Wildman–Crippen MR) is 226 cm³/mol. The van der Waals surface area contributed by atoms with Crippen LogP contribution in [0.2, 0.25) is 0 Å². The highest BCUT2D eigenvalue weighted by molar-refractivity contribution is 7.47. The van der Waals surface area contributed by atoms with Crippen LogP contribution < -0.4 is 0 Å². The van der Waals surface area contributed by atoms with E-state index in [-0.39, 0.29) is 12.8 Å². The minimum atomic E-state index is -4.68. The van der Waals surface area contributed by atoms with Gasteiger partial charge in [-0.1, -0.05) is 137 Å². The van der Waals surface area contributed by atoms with E-state index in [2.05, 4.69) is 23.6 Å². The summed E-state index contributed by atoms with van der Waals surface area (Å²) in [5.41, 5.74) is 0. The summed E-state index contributed by atoms with van der Waals surface area (Å²) in [7, 11) is -4.68. The van der Waals surface area contributed by atoms with Crippen molar-refractivity contribution in [1.29, 1.82) is 0 Å². The number of esters is 2. The number of hydrogen-bond acceptors (Lipinski definition) is 11. The number of aliphatic hydroxyl groups is 4. The van der Waals surface area contributed by atoms with E-state index in [4.69, 9.17) is 19.1 Å². The predicted octanol–water partition coefficient (Wildman–Crippen LogP) is 8.61. The molecule has 13 heteroatoms. The van der Waals surface area contributed by atoms with Crippen LogP contribution in [0.3, 0.4) is 0 Å². The van der Waals surface area contributed by atoms with Crippen LogP contribution in [-0.4, -0.2) is 88.1 Å². The maximum absolute atomic E-state index is 12.6. The fraction of sp³-hybridized carbons (Fsp3) is 0.636. The molecule has 5 N–H and O–H groups in total. The molecular weight excluding hydrogens is 751 g/mol. The summed E-state index contributed by atoms with van der Waals surface area (Å²) in [6, 6.07) is 0. The molecule has 0 bridgehead atoms. The molecule has 0 saturated carbocycles. The van der Waals surface area contributed by atoms with Gasteiger partial charge in [0.15, 0.2) is 6.10 Å². The van der Waals surface area contributed by atoms with Crippen molar-refractivity contribution in [3.05, 3.63) is 85.1 Å². The van der Waals surface area contributed by atoms with E-state index >= 15 is 0 Å². The average molecular weight is 825 g/mol. The van der Waals surface area contributed by atoms with Gasteiger partial charge in [0, 0.05) is 12.8 Å². The minimum Gasteiger partial charge on any atom is -0.462 e. The van der Waals surface area contributed by atoms with E-state index in [0.717, 1.165) is 44.9 Å². The van der Waals surface area contributed by atoms with E-state index in [0.29, 0.717) is 32.1 Å². The highest BCUT2D eigenvalue weighted by Crippen LogP contribution is 2.43. The second-order valence-electron chi connectivity index (χ2n) is 13.7. The van der Waals surface area contributed by atoms with E-state index in [9.17, 15) is 34.4 Å². The number of aliphatic hydroxyl groups excluding tert-OH is 4. The number of ether oxygens (including phenoxy) is 2. The van der Waals surface area contributed by atoms with Crippen LogP contribution in [0.25, 0.3) is 0 Å². The van der Waals surface area contributed by atoms with Crippen molar-refractivity contribution in [3.8, 4) is 0 Å². The van der Waals surface area contributed by atoms with Crippen molar-refractivity contribution in [2.45, 2.75) is 154 Å². The van der Waals surface area contributed by atoms with Gasteiger partial charge in [-0.15, -0.1) is 0 Å². The lowest BCUT2D eigenvalue weighted by atomic mass is 10.1. The molecule has 0 aliphatic rings. The summed E-state index contributed by atoms with van der Waals surface area (Å²) in [5, 5.41) is 38.3. The van der Waals surface area contributed by atoms with Crippen molar-refractivity contribution in [2.24, 2.45) is 0 Å². The topological polar surface area (TPSA) is 189 Å². The molecule has 0 aromatic heterocycles. The molecule has 1 unspecified atom stereocenters. The van der Waals surface area contributed by atoms with E-state index in [1.807, 2.05) is 49.5 Å². The third-order valence-electron chi connectivity index (χ3n) is 8.21. The summed E-state index contributed by atoms with van der Waals surface area (Å²) < 4.78 is 32.5. The molecule has 326 valence electrons. The Bertz CT molecular complexity index is 1260. The van der Waals surface area contributed by atoms with Crippen LogP contribution in [0.15, 0.2) is 85.1 Å². The van der Waals surface area contributed by atoms with Gasteiger partial charge in [-0.25, -0.2) is 4.57 Å². The summed E-state index contributed by atoms with van der Waals surface area (Å²) in [6.07, 6.45) is 37.7. The van der Waals surface area contributed by atoms with Gasteiger partial charge in [-0.2, -0.15) is 0 Å². The molecule has 0 rings (SSSR count). The van der Waals surface area contributed by atoms with Gasteiger partial charge in [0.25, 0.3) is 0 Å². The lowest BCUT2D eigenvalue weighted by molar-refractivity contribution is -0.161.